The molecule has 1 rings (SSSR count). The van der Waals surface area contributed by atoms with E-state index in [2.05, 4.69) is 10.3 Å². The Morgan fingerprint density at radius 1 is 1.44 bits per heavy atom. The maximum Gasteiger partial charge on any atom is 0.243 e. The van der Waals surface area contributed by atoms with Crippen LogP contribution in [0.15, 0.2) is 6.20 Å². The predicted molar refractivity (Wildman–Crippen MR) is 75.4 cm³/mol. The smallest absolute Gasteiger partial charge is 0.243 e. The molecule has 0 aliphatic rings. The molecule has 0 aliphatic heterocycles. The van der Waals surface area contributed by atoms with Crippen LogP contribution in [-0.4, -0.2) is 22.7 Å². The lowest BCUT2D eigenvalue weighted by Gasteiger charge is -2.25. The number of rotatable bonds is 3. The molecule has 0 spiro atoms. The van der Waals surface area contributed by atoms with E-state index >= 15 is 0 Å². The van der Waals surface area contributed by atoms with Gasteiger partial charge in [0, 0.05) is 6.92 Å². The van der Waals surface area contributed by atoms with E-state index in [9.17, 15) is 9.59 Å². The minimum atomic E-state index is -0.618. The zero-order chi connectivity index (χ0) is 13.2. The van der Waals surface area contributed by atoms with Crippen molar-refractivity contribution in [1.82, 2.24) is 4.98 Å². The SMILES string of the molecule is CC(=O)c1cnc(NC(=O)[C@@H](N)C(C)(C)C)s1.Cl. The molecule has 0 aliphatic carbocycles. The second-order valence-corrected chi connectivity index (χ2v) is 5.95. The number of nitrogens with two attached hydrogens (primary N) is 1. The van der Waals surface area contributed by atoms with Gasteiger partial charge in [0.1, 0.15) is 0 Å². The van der Waals surface area contributed by atoms with Gasteiger partial charge in [-0.15, -0.1) is 12.4 Å². The van der Waals surface area contributed by atoms with Crippen molar-refractivity contribution in [2.75, 3.05) is 5.32 Å². The maximum atomic E-state index is 11.8. The molecule has 0 unspecified atom stereocenters. The van der Waals surface area contributed by atoms with Crippen molar-refractivity contribution < 1.29 is 9.59 Å². The third kappa shape index (κ3) is 4.36. The van der Waals surface area contributed by atoms with Gasteiger partial charge in [0.25, 0.3) is 0 Å². The molecule has 0 aromatic carbocycles. The number of nitrogens with one attached hydrogen (secondary N) is 1. The summed E-state index contributed by atoms with van der Waals surface area (Å²) in [5.41, 5.74) is 5.49. The number of aromatic nitrogens is 1. The molecule has 0 fully saturated rings. The monoisotopic (exact) mass is 291 g/mol. The largest absolute Gasteiger partial charge is 0.319 e. The number of nitrogens with zero attached hydrogens (tertiary/aromatic N) is 1. The molecule has 5 nitrogen and oxygen atoms in total. The highest BCUT2D eigenvalue weighted by Gasteiger charge is 2.28. The summed E-state index contributed by atoms with van der Waals surface area (Å²) in [6.07, 6.45) is 1.45. The topological polar surface area (TPSA) is 85.1 Å². The Hall–Kier alpha value is -0.980. The van der Waals surface area contributed by atoms with E-state index in [4.69, 9.17) is 5.73 Å². The van der Waals surface area contributed by atoms with Crippen molar-refractivity contribution in [2.45, 2.75) is 33.7 Å². The number of ketones is 1. The molecule has 1 amide bonds. The average Bonchev–Trinajstić information content (AvgIpc) is 2.63. The summed E-state index contributed by atoms with van der Waals surface area (Å²) in [5, 5.41) is 3.02. The number of halogens is 1. The van der Waals surface area contributed by atoms with Crippen LogP contribution in [0.2, 0.25) is 0 Å². The van der Waals surface area contributed by atoms with Gasteiger partial charge >= 0.3 is 0 Å². The highest BCUT2D eigenvalue weighted by Crippen LogP contribution is 2.21. The molecule has 18 heavy (non-hydrogen) atoms. The summed E-state index contributed by atoms with van der Waals surface area (Å²) in [6, 6.07) is -0.618. The van der Waals surface area contributed by atoms with Crippen molar-refractivity contribution in [3.05, 3.63) is 11.1 Å². The molecule has 0 saturated heterocycles. The summed E-state index contributed by atoms with van der Waals surface area (Å²) in [6.45, 7) is 7.13. The van der Waals surface area contributed by atoms with Crippen molar-refractivity contribution in [1.29, 1.82) is 0 Å². The number of thiazole rings is 1. The van der Waals surface area contributed by atoms with E-state index < -0.39 is 6.04 Å². The minimum Gasteiger partial charge on any atom is -0.319 e. The van der Waals surface area contributed by atoms with Crippen LogP contribution < -0.4 is 11.1 Å². The van der Waals surface area contributed by atoms with Gasteiger partial charge in [0.15, 0.2) is 10.9 Å². The lowest BCUT2D eigenvalue weighted by molar-refractivity contribution is -0.119. The molecular formula is C11H18ClN3O2S. The highest BCUT2D eigenvalue weighted by molar-refractivity contribution is 7.17. The third-order valence-electron chi connectivity index (χ3n) is 2.30. The van der Waals surface area contributed by atoms with Gasteiger partial charge in [-0.05, 0) is 5.41 Å². The minimum absolute atomic E-state index is 0. The van der Waals surface area contributed by atoms with Crippen LogP contribution >= 0.6 is 23.7 Å². The van der Waals surface area contributed by atoms with Crippen molar-refractivity contribution in [3.8, 4) is 0 Å². The second-order valence-electron chi connectivity index (χ2n) is 4.92. The van der Waals surface area contributed by atoms with Crippen molar-refractivity contribution in [3.63, 3.8) is 0 Å². The first-order valence-electron chi connectivity index (χ1n) is 5.25. The molecule has 0 radical (unpaired) electrons. The van der Waals surface area contributed by atoms with Crippen LogP contribution in [0, 0.1) is 5.41 Å². The van der Waals surface area contributed by atoms with Gasteiger partial charge in [-0.2, -0.15) is 0 Å². The zero-order valence-corrected chi connectivity index (χ0v) is 12.4. The van der Waals surface area contributed by atoms with Crippen LogP contribution in [0.3, 0.4) is 0 Å². The average molecular weight is 292 g/mol. The Labute approximate surface area is 117 Å². The Morgan fingerprint density at radius 2 is 2.00 bits per heavy atom. The van der Waals surface area contributed by atoms with E-state index in [1.807, 2.05) is 20.8 Å². The molecule has 3 N–H and O–H groups in total. The molecule has 102 valence electrons. The van der Waals surface area contributed by atoms with Crippen LogP contribution in [0.4, 0.5) is 5.13 Å². The number of hydrogen-bond acceptors (Lipinski definition) is 5. The molecular weight excluding hydrogens is 274 g/mol. The quantitative estimate of drug-likeness (QED) is 0.835. The molecule has 1 heterocycles. The number of carbonyl (C=O) groups is 2. The van der Waals surface area contributed by atoms with Gasteiger partial charge in [-0.1, -0.05) is 32.1 Å². The zero-order valence-electron chi connectivity index (χ0n) is 10.8. The molecule has 7 heteroatoms. The molecule has 1 atom stereocenters. The van der Waals surface area contributed by atoms with Crippen LogP contribution in [-0.2, 0) is 4.79 Å². The van der Waals surface area contributed by atoms with E-state index in [0.717, 1.165) is 11.3 Å². The highest BCUT2D eigenvalue weighted by atomic mass is 35.5. The normalized spacial score (nSPS) is 12.5. The lowest BCUT2D eigenvalue weighted by atomic mass is 9.87. The fourth-order valence-electron chi connectivity index (χ4n) is 1.07. The third-order valence-corrected chi connectivity index (χ3v) is 3.31. The second kappa shape index (κ2) is 6.26. The Kier molecular flexibility index (Phi) is 5.92. The first-order chi connectivity index (χ1) is 7.71. The summed E-state index contributed by atoms with van der Waals surface area (Å²) in [4.78, 5) is 27.3. The van der Waals surface area contributed by atoms with Crippen LogP contribution in [0.1, 0.15) is 37.4 Å². The molecule has 1 aromatic heterocycles. The van der Waals surface area contributed by atoms with E-state index in [1.165, 1.54) is 13.1 Å². The van der Waals surface area contributed by atoms with Gasteiger partial charge < -0.3 is 11.1 Å². The summed E-state index contributed by atoms with van der Waals surface area (Å²) in [5.74, 6) is -0.356. The van der Waals surface area contributed by atoms with E-state index in [0.29, 0.717) is 10.0 Å². The van der Waals surface area contributed by atoms with Gasteiger partial charge in [0.2, 0.25) is 5.91 Å². The fourth-order valence-corrected chi connectivity index (χ4v) is 1.79. The lowest BCUT2D eigenvalue weighted by Crippen LogP contribution is -2.45. The number of Topliss-reactive ketones (excluding diaryl/α,β-unsaturated/α-hetero) is 1. The van der Waals surface area contributed by atoms with Crippen LogP contribution in [0.25, 0.3) is 0 Å². The Morgan fingerprint density at radius 3 is 2.39 bits per heavy atom. The van der Waals surface area contributed by atoms with Gasteiger partial charge in [-0.3, -0.25) is 9.59 Å². The number of amides is 1. The molecule has 1 aromatic rings. The maximum absolute atomic E-state index is 11.8. The first-order valence-corrected chi connectivity index (χ1v) is 6.06. The Balaban J connectivity index is 0.00000289. The Bertz CT molecular complexity index is 440. The first kappa shape index (κ1) is 17.0. The van der Waals surface area contributed by atoms with E-state index in [-0.39, 0.29) is 29.5 Å². The molecule has 0 bridgehead atoms. The predicted octanol–water partition coefficient (Wildman–Crippen LogP) is 2.08. The molecule has 0 saturated carbocycles. The number of carbonyl (C=O) groups excluding carboxylic acids is 2. The summed E-state index contributed by atoms with van der Waals surface area (Å²) < 4.78 is 0. The van der Waals surface area contributed by atoms with Crippen LogP contribution in [0.5, 0.6) is 0 Å². The van der Waals surface area contributed by atoms with Gasteiger partial charge in [-0.25, -0.2) is 4.98 Å². The fraction of sp³-hybridized carbons (Fsp3) is 0.545. The van der Waals surface area contributed by atoms with E-state index in [1.54, 1.807) is 0 Å². The number of hydrogen-bond donors (Lipinski definition) is 2. The van der Waals surface area contributed by atoms with Crippen molar-refractivity contribution >= 4 is 40.6 Å². The van der Waals surface area contributed by atoms with Crippen molar-refractivity contribution in [2.24, 2.45) is 11.1 Å². The standard InChI is InChI=1S/C11H17N3O2S.ClH/c1-6(15)7-5-13-10(17-7)14-9(16)8(12)11(2,3)4;/h5,8H,12H2,1-4H3,(H,13,14,16);1H/t8-;/m1./s1. The summed E-state index contributed by atoms with van der Waals surface area (Å²) >= 11 is 1.15. The number of anilines is 1. The van der Waals surface area contributed by atoms with Gasteiger partial charge in [0.05, 0.1) is 17.1 Å². The summed E-state index contributed by atoms with van der Waals surface area (Å²) in [7, 11) is 0.